The highest BCUT2D eigenvalue weighted by atomic mass is 32.1. The Bertz CT molecular complexity index is 514. The van der Waals surface area contributed by atoms with Gasteiger partial charge in [0, 0.05) is 31.1 Å². The Morgan fingerprint density at radius 3 is 3.11 bits per heavy atom. The van der Waals surface area contributed by atoms with E-state index < -0.39 is 0 Å². The molecule has 3 rings (SSSR count). The molecule has 94 valence electrons. The number of hydrogen-bond donors (Lipinski definition) is 1. The molecule has 0 spiro atoms. The van der Waals surface area contributed by atoms with Gasteiger partial charge in [0.25, 0.3) is 0 Å². The van der Waals surface area contributed by atoms with Crippen molar-refractivity contribution in [3.05, 3.63) is 40.3 Å². The first kappa shape index (κ1) is 11.5. The van der Waals surface area contributed by atoms with Crippen LogP contribution in [0.1, 0.15) is 10.6 Å². The number of fused-ring (bicyclic) bond motifs is 1. The molecule has 0 aliphatic carbocycles. The lowest BCUT2D eigenvalue weighted by molar-refractivity contribution is 0.174. The zero-order valence-electron chi connectivity index (χ0n) is 9.89. The van der Waals surface area contributed by atoms with Gasteiger partial charge >= 0.3 is 0 Å². The van der Waals surface area contributed by atoms with Gasteiger partial charge < -0.3 is 14.8 Å². The predicted octanol–water partition coefficient (Wildman–Crippen LogP) is 2.20. The standard InChI is InChI=1S/C13H14N2O2S/c1-2-11-12(17-9-16-11)7-10(1)8-14-4-3-13-15-5-6-18-13/h1-2,5-7,14H,3-4,8-9H2. The van der Waals surface area contributed by atoms with Crippen LogP contribution in [-0.4, -0.2) is 18.3 Å². The van der Waals surface area contributed by atoms with Gasteiger partial charge in [0.2, 0.25) is 6.79 Å². The van der Waals surface area contributed by atoms with Gasteiger partial charge in [-0.3, -0.25) is 0 Å². The quantitative estimate of drug-likeness (QED) is 0.839. The summed E-state index contributed by atoms with van der Waals surface area (Å²) in [7, 11) is 0. The third-order valence-corrected chi connectivity index (χ3v) is 3.60. The maximum Gasteiger partial charge on any atom is 0.231 e. The summed E-state index contributed by atoms with van der Waals surface area (Å²) in [6.07, 6.45) is 2.82. The Morgan fingerprint density at radius 1 is 1.28 bits per heavy atom. The second kappa shape index (κ2) is 5.37. The minimum atomic E-state index is 0.330. The van der Waals surface area contributed by atoms with E-state index in [1.165, 1.54) is 10.6 Å². The molecule has 0 saturated heterocycles. The summed E-state index contributed by atoms with van der Waals surface area (Å²) in [5.41, 5.74) is 1.21. The number of nitrogens with zero attached hydrogens (tertiary/aromatic N) is 1. The molecule has 1 N–H and O–H groups in total. The number of rotatable bonds is 5. The third-order valence-electron chi connectivity index (χ3n) is 2.77. The maximum atomic E-state index is 5.35. The van der Waals surface area contributed by atoms with Crippen LogP contribution in [0.25, 0.3) is 0 Å². The lowest BCUT2D eigenvalue weighted by Gasteiger charge is -2.04. The molecule has 1 aromatic carbocycles. The number of nitrogens with one attached hydrogen (secondary N) is 1. The van der Waals surface area contributed by atoms with E-state index >= 15 is 0 Å². The summed E-state index contributed by atoms with van der Waals surface area (Å²) < 4.78 is 10.6. The van der Waals surface area contributed by atoms with Gasteiger partial charge in [-0.15, -0.1) is 11.3 Å². The van der Waals surface area contributed by atoms with Crippen LogP contribution in [0.15, 0.2) is 29.8 Å². The summed E-state index contributed by atoms with van der Waals surface area (Å²) in [5, 5.41) is 6.58. The number of aromatic nitrogens is 1. The molecule has 2 heterocycles. The van der Waals surface area contributed by atoms with Crippen molar-refractivity contribution >= 4 is 11.3 Å². The minimum Gasteiger partial charge on any atom is -0.454 e. The van der Waals surface area contributed by atoms with E-state index in [2.05, 4.69) is 16.4 Å². The minimum absolute atomic E-state index is 0.330. The van der Waals surface area contributed by atoms with Crippen LogP contribution in [0.4, 0.5) is 0 Å². The third kappa shape index (κ3) is 2.63. The summed E-state index contributed by atoms with van der Waals surface area (Å²) in [5.74, 6) is 1.68. The first-order valence-electron chi connectivity index (χ1n) is 5.89. The second-order valence-corrected chi connectivity index (χ2v) is 5.02. The molecular formula is C13H14N2O2S. The summed E-state index contributed by atoms with van der Waals surface area (Å²) >= 11 is 1.70. The Kier molecular flexibility index (Phi) is 3.43. The highest BCUT2D eigenvalue weighted by Gasteiger charge is 2.12. The van der Waals surface area contributed by atoms with Crippen LogP contribution in [0, 0.1) is 0 Å². The van der Waals surface area contributed by atoms with Crippen molar-refractivity contribution in [3.8, 4) is 11.5 Å². The first-order valence-corrected chi connectivity index (χ1v) is 6.77. The van der Waals surface area contributed by atoms with Crippen molar-refractivity contribution in [1.29, 1.82) is 0 Å². The lowest BCUT2D eigenvalue weighted by atomic mass is 10.2. The van der Waals surface area contributed by atoms with E-state index in [0.717, 1.165) is 31.0 Å². The molecule has 0 saturated carbocycles. The van der Waals surface area contributed by atoms with Crippen LogP contribution < -0.4 is 14.8 Å². The van der Waals surface area contributed by atoms with Gasteiger partial charge in [-0.05, 0) is 17.7 Å². The van der Waals surface area contributed by atoms with Crippen molar-refractivity contribution < 1.29 is 9.47 Å². The largest absolute Gasteiger partial charge is 0.454 e. The van der Waals surface area contributed by atoms with Crippen LogP contribution in [0.5, 0.6) is 11.5 Å². The molecular weight excluding hydrogens is 248 g/mol. The summed E-state index contributed by atoms with van der Waals surface area (Å²) in [6, 6.07) is 6.04. The van der Waals surface area contributed by atoms with Crippen LogP contribution in [0.3, 0.4) is 0 Å². The zero-order valence-corrected chi connectivity index (χ0v) is 10.7. The average molecular weight is 262 g/mol. The smallest absolute Gasteiger partial charge is 0.231 e. The van der Waals surface area contributed by atoms with Crippen molar-refractivity contribution in [2.75, 3.05) is 13.3 Å². The molecule has 0 radical (unpaired) electrons. The van der Waals surface area contributed by atoms with E-state index in [0.29, 0.717) is 6.79 Å². The molecule has 1 aliphatic heterocycles. The molecule has 5 heteroatoms. The molecule has 0 amide bonds. The van der Waals surface area contributed by atoms with Gasteiger partial charge in [-0.2, -0.15) is 0 Å². The molecule has 0 fully saturated rings. The number of ether oxygens (including phenoxy) is 2. The summed E-state index contributed by atoms with van der Waals surface area (Å²) in [4.78, 5) is 4.25. The first-order chi connectivity index (χ1) is 8.92. The highest BCUT2D eigenvalue weighted by molar-refractivity contribution is 7.09. The van der Waals surface area contributed by atoms with E-state index in [1.807, 2.05) is 23.7 Å². The number of hydrogen-bond acceptors (Lipinski definition) is 5. The van der Waals surface area contributed by atoms with Crippen molar-refractivity contribution in [2.24, 2.45) is 0 Å². The molecule has 1 aromatic heterocycles. The van der Waals surface area contributed by atoms with Gasteiger partial charge in [0.1, 0.15) is 0 Å². The Labute approximate surface area is 110 Å². The van der Waals surface area contributed by atoms with Crippen LogP contribution >= 0.6 is 11.3 Å². The van der Waals surface area contributed by atoms with Crippen LogP contribution in [0.2, 0.25) is 0 Å². The Hall–Kier alpha value is -1.59. The van der Waals surface area contributed by atoms with Gasteiger partial charge in [-0.1, -0.05) is 6.07 Å². The predicted molar refractivity (Wildman–Crippen MR) is 70.1 cm³/mol. The molecule has 0 bridgehead atoms. The zero-order chi connectivity index (χ0) is 12.2. The fourth-order valence-corrected chi connectivity index (χ4v) is 2.48. The van der Waals surface area contributed by atoms with Crippen molar-refractivity contribution in [2.45, 2.75) is 13.0 Å². The van der Waals surface area contributed by atoms with Crippen molar-refractivity contribution in [3.63, 3.8) is 0 Å². The molecule has 4 nitrogen and oxygen atoms in total. The lowest BCUT2D eigenvalue weighted by Crippen LogP contribution is -2.16. The molecule has 0 unspecified atom stereocenters. The Balaban J connectivity index is 1.48. The number of benzene rings is 1. The van der Waals surface area contributed by atoms with Gasteiger partial charge in [0.15, 0.2) is 11.5 Å². The van der Waals surface area contributed by atoms with Crippen LogP contribution in [-0.2, 0) is 13.0 Å². The fraction of sp³-hybridized carbons (Fsp3) is 0.308. The maximum absolute atomic E-state index is 5.35. The van der Waals surface area contributed by atoms with Gasteiger partial charge in [-0.25, -0.2) is 4.98 Å². The average Bonchev–Trinajstić information content (AvgIpc) is 3.05. The van der Waals surface area contributed by atoms with E-state index in [9.17, 15) is 0 Å². The Morgan fingerprint density at radius 2 is 2.22 bits per heavy atom. The van der Waals surface area contributed by atoms with Crippen molar-refractivity contribution in [1.82, 2.24) is 10.3 Å². The summed E-state index contributed by atoms with van der Waals surface area (Å²) in [6.45, 7) is 2.10. The monoisotopic (exact) mass is 262 g/mol. The van der Waals surface area contributed by atoms with E-state index in [1.54, 1.807) is 11.3 Å². The molecule has 1 aliphatic rings. The van der Waals surface area contributed by atoms with E-state index in [-0.39, 0.29) is 0 Å². The SMILES string of the molecule is c1csc(CCNCc2ccc3c(c2)OCO3)n1. The highest BCUT2D eigenvalue weighted by Crippen LogP contribution is 2.32. The number of thiazole rings is 1. The fourth-order valence-electron chi connectivity index (χ4n) is 1.86. The van der Waals surface area contributed by atoms with E-state index in [4.69, 9.17) is 9.47 Å². The molecule has 18 heavy (non-hydrogen) atoms. The van der Waals surface area contributed by atoms with Gasteiger partial charge in [0.05, 0.1) is 5.01 Å². The molecule has 2 aromatic rings. The second-order valence-electron chi connectivity index (χ2n) is 4.04. The normalized spacial score (nSPS) is 12.9. The molecule has 0 atom stereocenters. The topological polar surface area (TPSA) is 43.4 Å².